The van der Waals surface area contributed by atoms with Crippen LogP contribution in [0.25, 0.3) is 0 Å². The van der Waals surface area contributed by atoms with Gasteiger partial charge < -0.3 is 9.64 Å². The highest BCUT2D eigenvalue weighted by molar-refractivity contribution is 8.13. The number of likely N-dealkylation sites (tertiary alicyclic amines) is 1. The summed E-state index contributed by atoms with van der Waals surface area (Å²) >= 11 is 0. The SMILES string of the molecule is COc1ccc(C(=O)N2CC3CCC2C3)cc1S(=O)(=O)Cl. The number of hydrogen-bond acceptors (Lipinski definition) is 4. The first kappa shape index (κ1) is 14.7. The van der Waals surface area contributed by atoms with E-state index >= 15 is 0 Å². The van der Waals surface area contributed by atoms with Gasteiger partial charge >= 0.3 is 0 Å². The third-order valence-corrected chi connectivity index (χ3v) is 5.69. The molecule has 2 unspecified atom stereocenters. The van der Waals surface area contributed by atoms with Crippen LogP contribution in [0.1, 0.15) is 29.6 Å². The van der Waals surface area contributed by atoms with Gasteiger partial charge in [0.15, 0.2) is 0 Å². The zero-order valence-corrected chi connectivity index (χ0v) is 13.2. The molecule has 1 saturated carbocycles. The molecule has 2 bridgehead atoms. The summed E-state index contributed by atoms with van der Waals surface area (Å²) < 4.78 is 28.2. The molecule has 1 aliphatic heterocycles. The van der Waals surface area contributed by atoms with Crippen molar-refractivity contribution in [3.8, 4) is 5.75 Å². The molecule has 1 aliphatic carbocycles. The van der Waals surface area contributed by atoms with E-state index in [1.54, 1.807) is 6.07 Å². The van der Waals surface area contributed by atoms with Crippen LogP contribution in [0.4, 0.5) is 0 Å². The first-order valence-corrected chi connectivity index (χ1v) is 9.14. The highest BCUT2D eigenvalue weighted by Gasteiger charge is 2.40. The van der Waals surface area contributed by atoms with E-state index in [4.69, 9.17) is 15.4 Å². The van der Waals surface area contributed by atoms with Crippen LogP contribution in [0.5, 0.6) is 5.75 Å². The molecule has 0 aromatic heterocycles. The minimum atomic E-state index is -3.96. The van der Waals surface area contributed by atoms with E-state index in [1.807, 2.05) is 4.90 Å². The van der Waals surface area contributed by atoms with E-state index in [-0.39, 0.29) is 16.6 Å². The molecule has 21 heavy (non-hydrogen) atoms. The van der Waals surface area contributed by atoms with E-state index in [0.29, 0.717) is 17.5 Å². The quantitative estimate of drug-likeness (QED) is 0.798. The molecule has 1 amide bonds. The second-order valence-electron chi connectivity index (χ2n) is 5.59. The summed E-state index contributed by atoms with van der Waals surface area (Å²) in [6, 6.07) is 4.64. The minimum absolute atomic E-state index is 0.133. The number of benzene rings is 1. The van der Waals surface area contributed by atoms with Crippen molar-refractivity contribution in [1.29, 1.82) is 0 Å². The number of carbonyl (C=O) groups excluding carboxylic acids is 1. The molecule has 2 fully saturated rings. The van der Waals surface area contributed by atoms with Crippen molar-refractivity contribution in [3.05, 3.63) is 23.8 Å². The maximum absolute atomic E-state index is 12.6. The predicted octanol–water partition coefficient (Wildman–Crippen LogP) is 2.25. The number of methoxy groups -OCH3 is 1. The van der Waals surface area contributed by atoms with Crippen molar-refractivity contribution in [1.82, 2.24) is 4.90 Å². The fourth-order valence-electron chi connectivity index (χ4n) is 3.34. The number of rotatable bonds is 3. The molecule has 0 radical (unpaired) electrons. The molecule has 2 aliphatic rings. The summed E-state index contributed by atoms with van der Waals surface area (Å²) in [6.45, 7) is 0.762. The summed E-state index contributed by atoms with van der Waals surface area (Å²) in [5.74, 6) is 0.601. The summed E-state index contributed by atoms with van der Waals surface area (Å²) in [7, 11) is 2.81. The second-order valence-corrected chi connectivity index (χ2v) is 8.13. The Labute approximate surface area is 128 Å². The lowest BCUT2D eigenvalue weighted by molar-refractivity contribution is 0.0703. The van der Waals surface area contributed by atoms with Crippen molar-refractivity contribution in [2.75, 3.05) is 13.7 Å². The Hall–Kier alpha value is -1.27. The molecule has 5 nitrogen and oxygen atoms in total. The fraction of sp³-hybridized carbons (Fsp3) is 0.500. The largest absolute Gasteiger partial charge is 0.495 e. The van der Waals surface area contributed by atoms with Crippen molar-refractivity contribution >= 4 is 25.6 Å². The van der Waals surface area contributed by atoms with Crippen molar-refractivity contribution in [2.24, 2.45) is 5.92 Å². The van der Waals surface area contributed by atoms with Gasteiger partial charge in [0, 0.05) is 28.8 Å². The van der Waals surface area contributed by atoms with Gasteiger partial charge in [-0.1, -0.05) is 0 Å². The molecule has 1 aromatic rings. The number of fused-ring (bicyclic) bond motifs is 2. The number of hydrogen-bond donors (Lipinski definition) is 0. The zero-order valence-electron chi connectivity index (χ0n) is 11.6. The first-order chi connectivity index (χ1) is 9.90. The van der Waals surface area contributed by atoms with Crippen LogP contribution in [-0.2, 0) is 9.05 Å². The topological polar surface area (TPSA) is 63.7 Å². The maximum Gasteiger partial charge on any atom is 0.265 e. The van der Waals surface area contributed by atoms with Crippen LogP contribution in [0, 0.1) is 5.92 Å². The summed E-state index contributed by atoms with van der Waals surface area (Å²) in [4.78, 5) is 14.2. The van der Waals surface area contributed by atoms with Crippen molar-refractivity contribution in [2.45, 2.75) is 30.2 Å². The smallest absolute Gasteiger partial charge is 0.265 e. The average Bonchev–Trinajstić information content (AvgIpc) is 3.07. The molecule has 114 valence electrons. The van der Waals surface area contributed by atoms with Crippen LogP contribution in [-0.4, -0.2) is 38.9 Å². The van der Waals surface area contributed by atoms with Crippen LogP contribution < -0.4 is 4.74 Å². The normalized spacial score (nSPS) is 24.4. The van der Waals surface area contributed by atoms with E-state index in [1.165, 1.54) is 25.7 Å². The number of nitrogens with zero attached hydrogens (tertiary/aromatic N) is 1. The lowest BCUT2D eigenvalue weighted by Gasteiger charge is -2.27. The number of halogens is 1. The van der Waals surface area contributed by atoms with Gasteiger partial charge in [-0.2, -0.15) is 0 Å². The Morgan fingerprint density at radius 1 is 1.38 bits per heavy atom. The second kappa shape index (κ2) is 5.18. The highest BCUT2D eigenvalue weighted by Crippen LogP contribution is 2.38. The lowest BCUT2D eigenvalue weighted by atomic mass is 10.1. The maximum atomic E-state index is 12.6. The molecule has 1 aromatic carbocycles. The van der Waals surface area contributed by atoms with E-state index in [2.05, 4.69) is 0 Å². The summed E-state index contributed by atoms with van der Waals surface area (Å²) in [6.07, 6.45) is 3.27. The molecule has 3 rings (SSSR count). The molecule has 7 heteroatoms. The van der Waals surface area contributed by atoms with Gasteiger partial charge in [-0.15, -0.1) is 0 Å². The van der Waals surface area contributed by atoms with Gasteiger partial charge in [0.05, 0.1) is 7.11 Å². The number of piperidine rings is 1. The van der Waals surface area contributed by atoms with Crippen LogP contribution in [0.15, 0.2) is 23.1 Å². The van der Waals surface area contributed by atoms with Gasteiger partial charge in [0.25, 0.3) is 15.0 Å². The molecule has 2 atom stereocenters. The standard InChI is InChI=1S/C14H16ClNO4S/c1-20-12-5-3-10(7-13(12)21(15,18)19)14(17)16-8-9-2-4-11(16)6-9/h3,5,7,9,11H,2,4,6,8H2,1H3. The molecule has 0 spiro atoms. The van der Waals surface area contributed by atoms with Crippen LogP contribution in [0.2, 0.25) is 0 Å². The lowest BCUT2D eigenvalue weighted by Crippen LogP contribution is -2.37. The Balaban J connectivity index is 1.94. The van der Waals surface area contributed by atoms with Crippen molar-refractivity contribution < 1.29 is 17.9 Å². The van der Waals surface area contributed by atoms with Gasteiger partial charge in [-0.25, -0.2) is 8.42 Å². The summed E-state index contributed by atoms with van der Waals surface area (Å²) in [5.41, 5.74) is 0.336. The molecular weight excluding hydrogens is 314 g/mol. The van der Waals surface area contributed by atoms with E-state index in [9.17, 15) is 13.2 Å². The highest BCUT2D eigenvalue weighted by atomic mass is 35.7. The number of amides is 1. The Bertz CT molecular complexity index is 688. The van der Waals surface area contributed by atoms with Gasteiger partial charge in [0.2, 0.25) is 0 Å². The minimum Gasteiger partial charge on any atom is -0.495 e. The van der Waals surface area contributed by atoms with Crippen molar-refractivity contribution in [3.63, 3.8) is 0 Å². The Morgan fingerprint density at radius 3 is 2.67 bits per heavy atom. The van der Waals surface area contributed by atoms with Gasteiger partial charge in [-0.3, -0.25) is 4.79 Å². The molecule has 1 saturated heterocycles. The Morgan fingerprint density at radius 2 is 2.14 bits per heavy atom. The van der Waals surface area contributed by atoms with Crippen LogP contribution in [0.3, 0.4) is 0 Å². The monoisotopic (exact) mass is 329 g/mol. The van der Waals surface area contributed by atoms with Gasteiger partial charge in [-0.05, 0) is 43.4 Å². The fourth-order valence-corrected chi connectivity index (χ4v) is 4.36. The molecule has 1 heterocycles. The van der Waals surface area contributed by atoms with Crippen LogP contribution >= 0.6 is 10.7 Å². The third-order valence-electron chi connectivity index (χ3n) is 4.34. The molecular formula is C14H16ClNO4S. The molecule has 0 N–H and O–H groups in total. The number of ether oxygens (including phenoxy) is 1. The number of carbonyl (C=O) groups is 1. The van der Waals surface area contributed by atoms with Gasteiger partial charge in [0.1, 0.15) is 10.6 Å². The average molecular weight is 330 g/mol. The van der Waals surface area contributed by atoms with E-state index in [0.717, 1.165) is 19.4 Å². The summed E-state index contributed by atoms with van der Waals surface area (Å²) in [5, 5.41) is 0. The third kappa shape index (κ3) is 2.62. The zero-order chi connectivity index (χ0) is 15.2. The Kier molecular flexibility index (Phi) is 3.61. The predicted molar refractivity (Wildman–Crippen MR) is 78.2 cm³/mol. The first-order valence-electron chi connectivity index (χ1n) is 6.84. The van der Waals surface area contributed by atoms with E-state index < -0.39 is 9.05 Å².